The van der Waals surface area contributed by atoms with Gasteiger partial charge < -0.3 is 9.80 Å². The van der Waals surface area contributed by atoms with Gasteiger partial charge in [-0.1, -0.05) is 12.1 Å². The van der Waals surface area contributed by atoms with E-state index in [1.54, 1.807) is 11.0 Å². The van der Waals surface area contributed by atoms with Crippen LogP contribution in [-0.4, -0.2) is 40.4 Å². The summed E-state index contributed by atoms with van der Waals surface area (Å²) in [7, 11) is 0. The third-order valence-electron chi connectivity index (χ3n) is 4.68. The summed E-state index contributed by atoms with van der Waals surface area (Å²) in [6.45, 7) is 2.27. The van der Waals surface area contributed by atoms with E-state index in [-0.39, 0.29) is 23.6 Å². The average Bonchev–Trinajstić information content (AvgIpc) is 3.09. The van der Waals surface area contributed by atoms with Crippen LogP contribution >= 0.6 is 0 Å². The smallest absolute Gasteiger partial charge is 0.228 e. The number of anilines is 1. The van der Waals surface area contributed by atoms with Crippen LogP contribution in [0.1, 0.15) is 5.56 Å². The van der Waals surface area contributed by atoms with Crippen LogP contribution in [0.5, 0.6) is 0 Å². The molecule has 2 atom stereocenters. The van der Waals surface area contributed by atoms with Crippen LogP contribution in [-0.2, 0) is 11.3 Å². The number of benzene rings is 1. The van der Waals surface area contributed by atoms with Crippen LogP contribution in [0.3, 0.4) is 0 Å². The topological polar surface area (TPSA) is 49.3 Å². The lowest BCUT2D eigenvalue weighted by molar-refractivity contribution is -0.131. The van der Waals surface area contributed by atoms with Gasteiger partial charge in [-0.15, -0.1) is 0 Å². The Bertz CT molecular complexity index is 767. The largest absolute Gasteiger partial charge is 0.340 e. The quantitative estimate of drug-likeness (QED) is 0.862. The van der Waals surface area contributed by atoms with Crippen molar-refractivity contribution in [2.24, 2.45) is 11.8 Å². The van der Waals surface area contributed by atoms with Gasteiger partial charge in [0.05, 0.1) is 18.3 Å². The van der Waals surface area contributed by atoms with Gasteiger partial charge in [-0.2, -0.15) is 0 Å². The first-order valence-corrected chi connectivity index (χ1v) is 7.86. The number of halogens is 2. The zero-order chi connectivity index (χ0) is 16.7. The molecule has 4 rings (SSSR count). The van der Waals surface area contributed by atoms with E-state index < -0.39 is 5.82 Å². The first-order chi connectivity index (χ1) is 11.6. The molecule has 2 aromatic rings. The van der Waals surface area contributed by atoms with Crippen LogP contribution in [0.2, 0.25) is 0 Å². The third kappa shape index (κ3) is 2.70. The fourth-order valence-electron chi connectivity index (χ4n) is 3.57. The minimum absolute atomic E-state index is 0.0777. The lowest BCUT2D eigenvalue weighted by Crippen LogP contribution is -2.33. The molecule has 2 aliphatic heterocycles. The molecule has 0 aliphatic carbocycles. The predicted molar refractivity (Wildman–Crippen MR) is 83.0 cm³/mol. The molecule has 0 radical (unpaired) electrons. The normalized spacial score (nSPS) is 23.0. The zero-order valence-corrected chi connectivity index (χ0v) is 12.9. The highest BCUT2D eigenvalue weighted by Gasteiger charge is 2.46. The zero-order valence-electron chi connectivity index (χ0n) is 12.9. The maximum atomic E-state index is 13.3. The molecule has 0 bridgehead atoms. The van der Waals surface area contributed by atoms with E-state index in [4.69, 9.17) is 0 Å². The fraction of sp³-hybridized carbons (Fsp3) is 0.353. The molecule has 3 heterocycles. The first-order valence-electron chi connectivity index (χ1n) is 7.86. The van der Waals surface area contributed by atoms with Crippen molar-refractivity contribution in [3.8, 4) is 0 Å². The second-order valence-electron chi connectivity index (χ2n) is 6.32. The Balaban J connectivity index is 1.44. The van der Waals surface area contributed by atoms with Crippen LogP contribution in [0, 0.1) is 23.5 Å². The molecular weight excluding hydrogens is 314 g/mol. The van der Waals surface area contributed by atoms with Gasteiger partial charge >= 0.3 is 0 Å². The van der Waals surface area contributed by atoms with Gasteiger partial charge in [-0.25, -0.2) is 18.7 Å². The molecule has 0 unspecified atom stereocenters. The Kier molecular flexibility index (Phi) is 3.63. The maximum absolute atomic E-state index is 13.3. The van der Waals surface area contributed by atoms with Crippen molar-refractivity contribution in [3.63, 3.8) is 0 Å². The Morgan fingerprint density at radius 3 is 2.58 bits per heavy atom. The summed E-state index contributed by atoms with van der Waals surface area (Å²) >= 11 is 0. The molecule has 1 aromatic heterocycles. The number of carbonyl (C=O) groups is 1. The van der Waals surface area contributed by atoms with E-state index in [1.165, 1.54) is 12.1 Å². The van der Waals surface area contributed by atoms with Gasteiger partial charge in [0, 0.05) is 32.1 Å². The average molecular weight is 330 g/mol. The van der Waals surface area contributed by atoms with Gasteiger partial charge in [-0.3, -0.25) is 4.79 Å². The molecule has 2 aliphatic rings. The van der Waals surface area contributed by atoms with Crippen molar-refractivity contribution in [1.82, 2.24) is 14.9 Å². The molecule has 24 heavy (non-hydrogen) atoms. The Morgan fingerprint density at radius 2 is 1.88 bits per heavy atom. The van der Waals surface area contributed by atoms with E-state index >= 15 is 0 Å². The molecule has 5 nitrogen and oxygen atoms in total. The number of nitrogens with zero attached hydrogens (tertiary/aromatic N) is 4. The molecule has 1 amide bonds. The van der Waals surface area contributed by atoms with E-state index in [9.17, 15) is 13.6 Å². The SMILES string of the molecule is O=C1[C@@H]2CN(c3ncc(F)cn3)C[C@@H]2CN1Cc1cccc(F)c1. The number of aromatic nitrogens is 2. The lowest BCUT2D eigenvalue weighted by Gasteiger charge is -2.21. The summed E-state index contributed by atoms with van der Waals surface area (Å²) in [4.78, 5) is 24.3. The van der Waals surface area contributed by atoms with Gasteiger partial charge in [0.1, 0.15) is 5.82 Å². The third-order valence-corrected chi connectivity index (χ3v) is 4.68. The highest BCUT2D eigenvalue weighted by molar-refractivity contribution is 5.83. The summed E-state index contributed by atoms with van der Waals surface area (Å²) in [5.74, 6) is -0.148. The van der Waals surface area contributed by atoms with Gasteiger partial charge in [0.15, 0.2) is 5.82 Å². The number of rotatable bonds is 3. The van der Waals surface area contributed by atoms with Gasteiger partial charge in [-0.05, 0) is 17.7 Å². The minimum atomic E-state index is -0.476. The van der Waals surface area contributed by atoms with Crippen molar-refractivity contribution in [3.05, 3.63) is 53.9 Å². The molecule has 1 aromatic carbocycles. The molecule has 7 heteroatoms. The summed E-state index contributed by atoms with van der Waals surface area (Å²) in [5.41, 5.74) is 0.794. The van der Waals surface area contributed by atoms with Gasteiger partial charge in [0.25, 0.3) is 0 Å². The standard InChI is InChI=1S/C17H16F2N4O/c18-13-3-1-2-11(4-13)7-22-8-12-9-23(10-15(12)16(22)24)17-20-5-14(19)6-21-17/h1-6,12,15H,7-10H2/t12-,15+/m0/s1. The van der Waals surface area contributed by atoms with Crippen molar-refractivity contribution in [2.45, 2.75) is 6.54 Å². The van der Waals surface area contributed by atoms with E-state index in [1.807, 2.05) is 11.0 Å². The highest BCUT2D eigenvalue weighted by Crippen LogP contribution is 2.34. The molecule has 124 valence electrons. The highest BCUT2D eigenvalue weighted by atomic mass is 19.1. The maximum Gasteiger partial charge on any atom is 0.228 e. The number of hydrogen-bond donors (Lipinski definition) is 0. The van der Waals surface area contributed by atoms with Crippen molar-refractivity contribution in [2.75, 3.05) is 24.5 Å². The number of hydrogen-bond acceptors (Lipinski definition) is 4. The van der Waals surface area contributed by atoms with E-state index in [0.29, 0.717) is 32.1 Å². The van der Waals surface area contributed by atoms with Crippen LogP contribution in [0.25, 0.3) is 0 Å². The van der Waals surface area contributed by atoms with Crippen molar-refractivity contribution in [1.29, 1.82) is 0 Å². The second kappa shape index (κ2) is 5.81. The number of carbonyl (C=O) groups excluding carboxylic acids is 1. The Hall–Kier alpha value is -2.57. The van der Waals surface area contributed by atoms with Crippen LogP contribution in [0.4, 0.5) is 14.7 Å². The monoisotopic (exact) mass is 330 g/mol. The summed E-state index contributed by atoms with van der Waals surface area (Å²) < 4.78 is 26.2. The summed E-state index contributed by atoms with van der Waals surface area (Å²) in [5, 5.41) is 0. The number of amides is 1. The van der Waals surface area contributed by atoms with Crippen LogP contribution in [0.15, 0.2) is 36.7 Å². The first kappa shape index (κ1) is 15.0. The predicted octanol–water partition coefficient (Wildman–Crippen LogP) is 1.85. The molecule has 2 fully saturated rings. The molecule has 0 N–H and O–H groups in total. The second-order valence-corrected chi connectivity index (χ2v) is 6.32. The fourth-order valence-corrected chi connectivity index (χ4v) is 3.57. The number of fused-ring (bicyclic) bond motifs is 1. The minimum Gasteiger partial charge on any atom is -0.340 e. The van der Waals surface area contributed by atoms with E-state index in [0.717, 1.165) is 18.0 Å². The molecule has 0 saturated carbocycles. The van der Waals surface area contributed by atoms with Crippen molar-refractivity contribution < 1.29 is 13.6 Å². The van der Waals surface area contributed by atoms with Crippen molar-refractivity contribution >= 4 is 11.9 Å². The number of likely N-dealkylation sites (tertiary alicyclic amines) is 1. The molecular formula is C17H16F2N4O. The lowest BCUT2D eigenvalue weighted by atomic mass is 10.0. The van der Waals surface area contributed by atoms with Gasteiger partial charge in [0.2, 0.25) is 11.9 Å². The molecule has 0 spiro atoms. The van der Waals surface area contributed by atoms with E-state index in [2.05, 4.69) is 9.97 Å². The molecule has 2 saturated heterocycles. The Morgan fingerprint density at radius 1 is 1.08 bits per heavy atom. The van der Waals surface area contributed by atoms with Crippen LogP contribution < -0.4 is 4.90 Å². The summed E-state index contributed by atoms with van der Waals surface area (Å²) in [6, 6.07) is 6.33. The Labute approximate surface area is 137 Å². The summed E-state index contributed by atoms with van der Waals surface area (Å²) in [6.07, 6.45) is 2.27.